The summed E-state index contributed by atoms with van der Waals surface area (Å²) in [6, 6.07) is 12.6. The van der Waals surface area contributed by atoms with E-state index in [-0.39, 0.29) is 35.9 Å². The molecule has 49 heavy (non-hydrogen) atoms. The first-order valence-electron chi connectivity index (χ1n) is 15.1. The van der Waals surface area contributed by atoms with E-state index in [4.69, 9.17) is 14.3 Å². The van der Waals surface area contributed by atoms with Crippen LogP contribution in [0.2, 0.25) is 6.32 Å². The monoisotopic (exact) mass is 714 g/mol. The van der Waals surface area contributed by atoms with Crippen molar-refractivity contribution in [3.8, 4) is 17.5 Å². The van der Waals surface area contributed by atoms with Gasteiger partial charge in [0.1, 0.15) is 11.5 Å². The summed E-state index contributed by atoms with van der Waals surface area (Å²) in [5.74, 6) is 2.69. The quantitative estimate of drug-likeness (QED) is 0.112. The van der Waals surface area contributed by atoms with Gasteiger partial charge in [0, 0.05) is 19.1 Å². The number of hydrogen-bond donors (Lipinski definition) is 2. The Balaban J connectivity index is 0.000000524. The molecule has 17 heteroatoms. The highest BCUT2D eigenvalue weighted by atomic mass is 32.2. The molecule has 1 amide bonds. The first-order chi connectivity index (χ1) is 22.6. The van der Waals surface area contributed by atoms with Crippen LogP contribution in [0, 0.1) is 23.6 Å². The average molecular weight is 715 g/mol. The van der Waals surface area contributed by atoms with Gasteiger partial charge in [0.25, 0.3) is 12.4 Å². The van der Waals surface area contributed by atoms with E-state index >= 15 is 0 Å². The van der Waals surface area contributed by atoms with Crippen molar-refractivity contribution in [1.82, 2.24) is 15.8 Å². The van der Waals surface area contributed by atoms with Crippen molar-refractivity contribution < 1.29 is 49.6 Å². The lowest BCUT2D eigenvalue weighted by Gasteiger charge is -2.33. The van der Waals surface area contributed by atoms with Gasteiger partial charge in [-0.2, -0.15) is 21.6 Å². The number of hydrazine groups is 1. The maximum atomic E-state index is 13.0. The zero-order chi connectivity index (χ0) is 37.6. The molecule has 1 saturated heterocycles. The highest BCUT2D eigenvalue weighted by Crippen LogP contribution is 2.30. The molecule has 2 aromatic carbocycles. The number of nitrogens with zero attached hydrogens (tertiary/aromatic N) is 2. The van der Waals surface area contributed by atoms with E-state index < -0.39 is 21.1 Å². The lowest BCUT2D eigenvalue weighted by molar-refractivity contribution is -0.132. The van der Waals surface area contributed by atoms with Crippen molar-refractivity contribution in [2.75, 3.05) is 27.8 Å². The minimum atomic E-state index is -5.56. The fourth-order valence-corrected chi connectivity index (χ4v) is 5.18. The SMILES string of the molecule is CNC(C(=O)NN(Cc1ccc(OC)cc1)CC1CB(C#N)C(C)(C)O1)C(C)(C)C.COC=O.Cc1ccc(OS(=O)(=O)C(F)(F)F)cc1. The number of carbonyl (C=O) groups excluding carboxylic acids is 2. The van der Waals surface area contributed by atoms with E-state index in [2.05, 4.69) is 25.6 Å². The fraction of sp³-hybridized carbons (Fsp3) is 0.531. The fourth-order valence-electron chi connectivity index (χ4n) is 4.72. The Morgan fingerprint density at radius 3 is 2.06 bits per heavy atom. The number of rotatable bonds is 11. The predicted molar refractivity (Wildman–Crippen MR) is 179 cm³/mol. The van der Waals surface area contributed by atoms with E-state index in [1.54, 1.807) is 21.1 Å². The number of halogens is 3. The molecular formula is C32H46BF3N4O8S. The van der Waals surface area contributed by atoms with Crippen LogP contribution in [-0.4, -0.2) is 83.5 Å². The predicted octanol–water partition coefficient (Wildman–Crippen LogP) is 4.45. The maximum absolute atomic E-state index is 13.0. The van der Waals surface area contributed by atoms with E-state index in [9.17, 15) is 31.6 Å². The third-order valence-corrected chi connectivity index (χ3v) is 8.19. The number of nitrogens with one attached hydrogen (secondary N) is 2. The van der Waals surface area contributed by atoms with Crippen LogP contribution < -0.4 is 19.7 Å². The van der Waals surface area contributed by atoms with Crippen LogP contribution in [-0.2, 0) is 35.7 Å². The molecule has 0 spiro atoms. The molecule has 0 bridgehead atoms. The Hall–Kier alpha value is -3.85. The number of alkyl halides is 3. The molecule has 0 aliphatic carbocycles. The minimum Gasteiger partial charge on any atom is -0.497 e. The summed E-state index contributed by atoms with van der Waals surface area (Å²) in [5, 5.41) is 14.5. The van der Waals surface area contributed by atoms with Crippen LogP contribution in [0.1, 0.15) is 45.7 Å². The first-order valence-corrected chi connectivity index (χ1v) is 16.5. The van der Waals surface area contributed by atoms with Crippen molar-refractivity contribution in [1.29, 1.82) is 5.26 Å². The molecule has 0 radical (unpaired) electrons. The van der Waals surface area contributed by atoms with Gasteiger partial charge in [-0.05, 0) is 69.4 Å². The standard InChI is InChI=1S/C22H35BN4O3.C8H7F3O3S.C2H4O2/c1-21(2,3)19(25-6)20(28)26-27(13-16-8-10-17(29-7)11-9-16)14-18-12-23(15-24)22(4,5)30-18;1-6-2-4-7(5-3-6)14-15(12,13)8(9,10)11;1-4-2-3/h8-11,18-19,25H,12-14H2,1-7H3,(H,26,28);2-5H,1H3;2H,1H3. The second-order valence-corrected chi connectivity index (χ2v) is 14.2. The number of aryl methyl sites for hydroxylation is 1. The Kier molecular flexibility index (Phi) is 16.6. The number of carbonyl (C=O) groups is 2. The van der Waals surface area contributed by atoms with Gasteiger partial charge in [-0.1, -0.05) is 50.6 Å². The molecule has 1 aliphatic rings. The summed E-state index contributed by atoms with van der Waals surface area (Å²) in [4.78, 5) is 22.0. The third kappa shape index (κ3) is 14.3. The van der Waals surface area contributed by atoms with Gasteiger partial charge in [-0.3, -0.25) is 15.0 Å². The zero-order valence-corrected chi connectivity index (χ0v) is 30.1. The molecule has 3 rings (SSSR count). The minimum absolute atomic E-state index is 0.0902. The van der Waals surface area contributed by atoms with Crippen LogP contribution in [0.25, 0.3) is 0 Å². The number of methoxy groups -OCH3 is 2. The van der Waals surface area contributed by atoms with Crippen molar-refractivity contribution in [3.63, 3.8) is 0 Å². The Morgan fingerprint density at radius 1 is 1.12 bits per heavy atom. The summed E-state index contributed by atoms with van der Waals surface area (Å²) < 4.78 is 75.9. The molecule has 2 N–H and O–H groups in total. The second kappa shape index (κ2) is 18.8. The van der Waals surface area contributed by atoms with Crippen molar-refractivity contribution in [3.05, 3.63) is 59.7 Å². The van der Waals surface area contributed by atoms with Crippen molar-refractivity contribution in [2.24, 2.45) is 5.41 Å². The summed E-state index contributed by atoms with van der Waals surface area (Å²) in [6.07, 6.45) is 0.513. The second-order valence-electron chi connectivity index (χ2n) is 12.7. The zero-order valence-electron chi connectivity index (χ0n) is 29.3. The number of likely N-dealkylation sites (N-methyl/N-ethyl adjacent to an activating group) is 1. The van der Waals surface area contributed by atoms with E-state index in [1.165, 1.54) is 19.2 Å². The van der Waals surface area contributed by atoms with E-state index in [0.717, 1.165) is 29.0 Å². The lowest BCUT2D eigenvalue weighted by atomic mass is 9.40. The summed E-state index contributed by atoms with van der Waals surface area (Å²) in [6.45, 7) is 12.9. The molecule has 0 aromatic heterocycles. The van der Waals surface area contributed by atoms with Crippen LogP contribution in [0.4, 0.5) is 13.2 Å². The molecule has 1 fully saturated rings. The van der Waals surface area contributed by atoms with Gasteiger partial charge < -0.3 is 23.7 Å². The number of hydrogen-bond acceptors (Lipinski definition) is 11. The van der Waals surface area contributed by atoms with E-state index in [1.807, 2.05) is 63.9 Å². The van der Waals surface area contributed by atoms with Gasteiger partial charge >= 0.3 is 22.3 Å². The van der Waals surface area contributed by atoms with Crippen LogP contribution in [0.3, 0.4) is 0 Å². The van der Waals surface area contributed by atoms with Crippen LogP contribution in [0.15, 0.2) is 48.5 Å². The summed E-state index contributed by atoms with van der Waals surface area (Å²) >= 11 is 0. The molecular weight excluding hydrogens is 668 g/mol. The highest BCUT2D eigenvalue weighted by Gasteiger charge is 2.48. The maximum Gasteiger partial charge on any atom is 0.534 e. The molecule has 12 nitrogen and oxygen atoms in total. The molecule has 0 saturated carbocycles. The van der Waals surface area contributed by atoms with Crippen LogP contribution in [0.5, 0.6) is 11.5 Å². The van der Waals surface area contributed by atoms with Crippen LogP contribution >= 0.6 is 0 Å². The number of nitriles is 1. The number of benzene rings is 2. The first kappa shape index (κ1) is 43.2. The Morgan fingerprint density at radius 2 is 1.65 bits per heavy atom. The highest BCUT2D eigenvalue weighted by molar-refractivity contribution is 7.88. The molecule has 2 unspecified atom stereocenters. The largest absolute Gasteiger partial charge is 0.534 e. The summed E-state index contributed by atoms with van der Waals surface area (Å²) in [7, 11) is -0.820. The number of amides is 1. The lowest BCUT2D eigenvalue weighted by Crippen LogP contribution is -2.56. The Labute approximate surface area is 287 Å². The average Bonchev–Trinajstić information content (AvgIpc) is 3.30. The smallest absolute Gasteiger partial charge is 0.497 e. The normalized spacial score (nSPS) is 16.2. The number of ether oxygens (including phenoxy) is 3. The molecule has 2 aromatic rings. The third-order valence-electron chi connectivity index (χ3n) is 7.21. The van der Waals surface area contributed by atoms with Gasteiger partial charge in [-0.25, -0.2) is 10.3 Å². The topological polar surface area (TPSA) is 156 Å². The molecule has 2 atom stereocenters. The van der Waals surface area contributed by atoms with Gasteiger partial charge in [0.15, 0.2) is 0 Å². The van der Waals surface area contributed by atoms with Gasteiger partial charge in [0.05, 0.1) is 31.9 Å². The van der Waals surface area contributed by atoms with Gasteiger partial charge in [-0.15, -0.1) is 0 Å². The van der Waals surface area contributed by atoms with E-state index in [0.29, 0.717) is 25.9 Å². The molecule has 1 aliphatic heterocycles. The van der Waals surface area contributed by atoms with Crippen molar-refractivity contribution >= 4 is 29.2 Å². The van der Waals surface area contributed by atoms with Gasteiger partial charge in [0.2, 0.25) is 0 Å². The molecule has 272 valence electrons. The Bertz CT molecular complexity index is 1480. The van der Waals surface area contributed by atoms with Crippen molar-refractivity contribution in [2.45, 2.75) is 77.6 Å². The summed E-state index contributed by atoms with van der Waals surface area (Å²) in [5.41, 5.74) is -1.23. The molecule has 1 heterocycles.